The first kappa shape index (κ1) is 19.3. The second-order valence-electron chi connectivity index (χ2n) is 7.10. The van der Waals surface area contributed by atoms with Gasteiger partial charge < -0.3 is 15.2 Å². The van der Waals surface area contributed by atoms with Crippen molar-refractivity contribution in [2.24, 2.45) is 5.73 Å². The van der Waals surface area contributed by atoms with Gasteiger partial charge in [-0.2, -0.15) is 0 Å². The van der Waals surface area contributed by atoms with Gasteiger partial charge in [0, 0.05) is 23.4 Å². The smallest absolute Gasteiger partial charge is 0.340 e. The molecule has 2 aliphatic rings. The lowest BCUT2D eigenvalue weighted by Gasteiger charge is -2.35. The number of hydrogen-bond donors (Lipinski definition) is 1. The number of Topliss-reactive ketones (excluding diaryl/α,β-unsaturated/α-hetero) is 1. The molecule has 0 radical (unpaired) electrons. The van der Waals surface area contributed by atoms with Crippen LogP contribution in [0.3, 0.4) is 0 Å². The van der Waals surface area contributed by atoms with Gasteiger partial charge in [-0.05, 0) is 23.1 Å². The van der Waals surface area contributed by atoms with E-state index in [-0.39, 0.29) is 23.2 Å². The number of carbonyl (C=O) groups excluding carboxylic acids is 2. The van der Waals surface area contributed by atoms with E-state index in [0.717, 1.165) is 5.56 Å². The highest BCUT2D eigenvalue weighted by Gasteiger charge is 2.43. The SMILES string of the molecule is COC(=O)C1=C(N)OC2=C(C(=O)C[C@@H](c3ccccc3)C2)[C@@H]1c1ccccc1Cl. The van der Waals surface area contributed by atoms with Gasteiger partial charge in [0.15, 0.2) is 5.78 Å². The molecule has 2 N–H and O–H groups in total. The number of esters is 1. The van der Waals surface area contributed by atoms with Gasteiger partial charge in [-0.15, -0.1) is 0 Å². The lowest BCUT2D eigenvalue weighted by atomic mass is 9.73. The lowest BCUT2D eigenvalue weighted by molar-refractivity contribution is -0.136. The normalized spacial score (nSPS) is 21.5. The zero-order chi connectivity index (χ0) is 20.5. The Labute approximate surface area is 173 Å². The first-order chi connectivity index (χ1) is 14.0. The second-order valence-corrected chi connectivity index (χ2v) is 7.51. The fraction of sp³-hybridized carbons (Fsp3) is 0.217. The Hall–Kier alpha value is -3.05. The number of allylic oxidation sites excluding steroid dienone is 2. The number of hydrogen-bond acceptors (Lipinski definition) is 5. The maximum atomic E-state index is 13.3. The number of halogens is 1. The van der Waals surface area contributed by atoms with Crippen LogP contribution in [0.4, 0.5) is 0 Å². The van der Waals surface area contributed by atoms with Crippen LogP contribution < -0.4 is 5.73 Å². The molecule has 0 unspecified atom stereocenters. The molecule has 1 aliphatic heterocycles. The quantitative estimate of drug-likeness (QED) is 0.768. The molecule has 0 fully saturated rings. The van der Waals surface area contributed by atoms with Crippen molar-refractivity contribution in [1.29, 1.82) is 0 Å². The number of ketones is 1. The number of ether oxygens (including phenoxy) is 2. The monoisotopic (exact) mass is 409 g/mol. The Morgan fingerprint density at radius 2 is 1.79 bits per heavy atom. The van der Waals surface area contributed by atoms with Crippen molar-refractivity contribution in [3.05, 3.63) is 93.5 Å². The van der Waals surface area contributed by atoms with Crippen LogP contribution in [0, 0.1) is 0 Å². The summed E-state index contributed by atoms with van der Waals surface area (Å²) in [5.74, 6) is -1.02. The summed E-state index contributed by atoms with van der Waals surface area (Å²) in [6.07, 6.45) is 0.836. The van der Waals surface area contributed by atoms with E-state index < -0.39 is 11.9 Å². The van der Waals surface area contributed by atoms with Crippen LogP contribution in [0.15, 0.2) is 77.4 Å². The highest BCUT2D eigenvalue weighted by atomic mass is 35.5. The molecule has 2 aromatic rings. The number of rotatable bonds is 3. The van der Waals surface area contributed by atoms with Crippen LogP contribution in [-0.2, 0) is 19.1 Å². The van der Waals surface area contributed by atoms with Gasteiger partial charge in [-0.1, -0.05) is 60.1 Å². The fourth-order valence-electron chi connectivity index (χ4n) is 4.10. The molecular formula is C23H20ClNO4. The number of carbonyl (C=O) groups is 2. The molecule has 1 heterocycles. The lowest BCUT2D eigenvalue weighted by Crippen LogP contribution is -2.33. The standard InChI is InChI=1S/C23H20ClNO4/c1-28-23(27)21-19(15-9-5-6-10-16(15)24)20-17(26)11-14(12-18(20)29-22(21)25)13-7-3-2-4-8-13/h2-10,14,19H,11-12,25H2,1H3/t14-,19+/m1/s1. The summed E-state index contributed by atoms with van der Waals surface area (Å²) in [5, 5.41) is 0.443. The van der Waals surface area contributed by atoms with Gasteiger partial charge in [0.2, 0.25) is 5.88 Å². The molecule has 148 valence electrons. The van der Waals surface area contributed by atoms with Crippen molar-refractivity contribution >= 4 is 23.4 Å². The van der Waals surface area contributed by atoms with Gasteiger partial charge in [0.05, 0.1) is 13.0 Å². The van der Waals surface area contributed by atoms with Crippen LogP contribution in [-0.4, -0.2) is 18.9 Å². The maximum absolute atomic E-state index is 13.3. The van der Waals surface area contributed by atoms with Gasteiger partial charge in [-0.3, -0.25) is 4.79 Å². The molecule has 2 aromatic carbocycles. The van der Waals surface area contributed by atoms with E-state index in [2.05, 4.69) is 0 Å². The predicted octanol–water partition coefficient (Wildman–Crippen LogP) is 4.20. The Morgan fingerprint density at radius 1 is 1.10 bits per heavy atom. The summed E-state index contributed by atoms with van der Waals surface area (Å²) in [6, 6.07) is 16.9. The van der Waals surface area contributed by atoms with Crippen molar-refractivity contribution < 1.29 is 19.1 Å². The molecule has 0 spiro atoms. The van der Waals surface area contributed by atoms with Crippen molar-refractivity contribution in [1.82, 2.24) is 0 Å². The third kappa shape index (κ3) is 3.42. The van der Waals surface area contributed by atoms with E-state index in [9.17, 15) is 9.59 Å². The Morgan fingerprint density at radius 3 is 2.48 bits per heavy atom. The highest BCUT2D eigenvalue weighted by molar-refractivity contribution is 6.31. The minimum Gasteiger partial charge on any atom is -0.465 e. The number of nitrogens with two attached hydrogens (primary N) is 1. The van der Waals surface area contributed by atoms with E-state index in [1.54, 1.807) is 18.2 Å². The van der Waals surface area contributed by atoms with E-state index in [1.807, 2.05) is 36.4 Å². The predicted molar refractivity (Wildman–Crippen MR) is 109 cm³/mol. The summed E-state index contributed by atoms with van der Waals surface area (Å²) in [5.41, 5.74) is 8.36. The molecule has 0 saturated carbocycles. The molecule has 29 heavy (non-hydrogen) atoms. The average Bonchev–Trinajstić information content (AvgIpc) is 2.73. The molecule has 5 nitrogen and oxygen atoms in total. The second kappa shape index (κ2) is 7.76. The third-order valence-corrected chi connectivity index (χ3v) is 5.78. The molecular weight excluding hydrogens is 390 g/mol. The average molecular weight is 410 g/mol. The minimum absolute atomic E-state index is 0.0122. The van der Waals surface area contributed by atoms with Crippen LogP contribution >= 0.6 is 11.6 Å². The van der Waals surface area contributed by atoms with Crippen LogP contribution in [0.2, 0.25) is 5.02 Å². The Balaban J connectivity index is 1.84. The Kier molecular flexibility index (Phi) is 5.16. The van der Waals surface area contributed by atoms with Gasteiger partial charge >= 0.3 is 5.97 Å². The van der Waals surface area contributed by atoms with Crippen molar-refractivity contribution in [2.75, 3.05) is 7.11 Å². The van der Waals surface area contributed by atoms with Crippen LogP contribution in [0.25, 0.3) is 0 Å². The van der Waals surface area contributed by atoms with Crippen molar-refractivity contribution in [3.8, 4) is 0 Å². The molecule has 4 rings (SSSR count). The topological polar surface area (TPSA) is 78.6 Å². The van der Waals surface area contributed by atoms with Gasteiger partial charge in [0.1, 0.15) is 11.3 Å². The van der Waals surface area contributed by atoms with E-state index in [0.29, 0.717) is 34.8 Å². The molecule has 0 saturated heterocycles. The summed E-state index contributed by atoms with van der Waals surface area (Å²) < 4.78 is 10.7. The van der Waals surface area contributed by atoms with Crippen LogP contribution in [0.1, 0.15) is 35.8 Å². The molecule has 0 amide bonds. The summed E-state index contributed by atoms with van der Waals surface area (Å²) in [6.45, 7) is 0. The van der Waals surface area contributed by atoms with Crippen molar-refractivity contribution in [2.45, 2.75) is 24.7 Å². The van der Waals surface area contributed by atoms with E-state index in [1.165, 1.54) is 7.11 Å². The first-order valence-corrected chi connectivity index (χ1v) is 9.70. The fourth-order valence-corrected chi connectivity index (χ4v) is 4.34. The largest absolute Gasteiger partial charge is 0.465 e. The number of benzene rings is 2. The van der Waals surface area contributed by atoms with Crippen LogP contribution in [0.5, 0.6) is 0 Å². The van der Waals surface area contributed by atoms with E-state index >= 15 is 0 Å². The molecule has 0 aromatic heterocycles. The zero-order valence-electron chi connectivity index (χ0n) is 15.9. The summed E-state index contributed by atoms with van der Waals surface area (Å²) in [4.78, 5) is 25.8. The molecule has 1 aliphatic carbocycles. The minimum atomic E-state index is -0.718. The summed E-state index contributed by atoms with van der Waals surface area (Å²) >= 11 is 6.43. The third-order valence-electron chi connectivity index (χ3n) is 5.43. The molecule has 2 atom stereocenters. The highest BCUT2D eigenvalue weighted by Crippen LogP contribution is 2.48. The van der Waals surface area contributed by atoms with Gasteiger partial charge in [0.25, 0.3) is 0 Å². The first-order valence-electron chi connectivity index (χ1n) is 9.32. The zero-order valence-corrected chi connectivity index (χ0v) is 16.6. The van der Waals surface area contributed by atoms with Gasteiger partial charge in [-0.25, -0.2) is 4.79 Å². The molecule has 0 bridgehead atoms. The molecule has 6 heteroatoms. The van der Waals surface area contributed by atoms with E-state index in [4.69, 9.17) is 26.8 Å². The van der Waals surface area contributed by atoms with Crippen molar-refractivity contribution in [3.63, 3.8) is 0 Å². The maximum Gasteiger partial charge on any atom is 0.340 e. The Bertz CT molecular complexity index is 1040. The summed E-state index contributed by atoms with van der Waals surface area (Å²) in [7, 11) is 1.27. The number of methoxy groups -OCH3 is 1.